The Kier molecular flexibility index (Phi) is 9.85. The van der Waals surface area contributed by atoms with Gasteiger partial charge in [-0.25, -0.2) is 9.97 Å². The van der Waals surface area contributed by atoms with E-state index in [1.807, 2.05) is 18.5 Å². The van der Waals surface area contributed by atoms with Crippen molar-refractivity contribution in [1.29, 1.82) is 0 Å². The van der Waals surface area contributed by atoms with Crippen LogP contribution in [0.25, 0.3) is 54.9 Å². The smallest absolute Gasteiger partial charge is 0.186 e. The van der Waals surface area contributed by atoms with Crippen LogP contribution in [0.3, 0.4) is 0 Å². The molecule has 0 saturated carbocycles. The number of hydrogen-bond acceptors (Lipinski definition) is 3. The third-order valence-electron chi connectivity index (χ3n) is 16.0. The van der Waals surface area contributed by atoms with Gasteiger partial charge in [-0.05, 0) is 90.2 Å². The Labute approximate surface area is 436 Å². The Morgan fingerprint density at radius 2 is 0.947 bits per heavy atom. The van der Waals surface area contributed by atoms with Crippen LogP contribution in [0.5, 0.6) is 0 Å². The Morgan fingerprint density at radius 3 is 1.64 bits per heavy atom. The quantitative estimate of drug-likeness (QED) is 0.0865. The molecule has 0 saturated heterocycles. The molecule has 1 aliphatic rings. The van der Waals surface area contributed by atoms with E-state index in [9.17, 15) is 0 Å². The highest BCUT2D eigenvalue weighted by Gasteiger charge is 2.51. The number of para-hydroxylation sites is 3. The molecule has 0 unspecified atom stereocenters. The van der Waals surface area contributed by atoms with Crippen molar-refractivity contribution < 1.29 is 0 Å². The number of imidazole rings is 1. The number of nitrogens with zero attached hydrogens (tertiary/aromatic N) is 5. The fourth-order valence-electron chi connectivity index (χ4n) is 13.0. The summed E-state index contributed by atoms with van der Waals surface area (Å²) in [6, 6.07) is 99.9. The number of anilines is 3. The summed E-state index contributed by atoms with van der Waals surface area (Å²) in [7, 11) is -6.38. The summed E-state index contributed by atoms with van der Waals surface area (Å²) < 4.78 is 4.77. The van der Waals surface area contributed by atoms with E-state index < -0.39 is 16.1 Å². The number of benzene rings is 10. The van der Waals surface area contributed by atoms with Crippen LogP contribution in [0.2, 0.25) is 0 Å². The van der Waals surface area contributed by atoms with E-state index in [1.165, 1.54) is 79.9 Å². The summed E-state index contributed by atoms with van der Waals surface area (Å²) >= 11 is 0. The molecule has 0 aliphatic carbocycles. The summed E-state index contributed by atoms with van der Waals surface area (Å²) in [6.07, 6.45) is 5.97. The van der Waals surface area contributed by atoms with Crippen molar-refractivity contribution in [3.05, 3.63) is 286 Å². The van der Waals surface area contributed by atoms with Gasteiger partial charge in [-0.2, -0.15) is 0 Å². The number of fused-ring (bicyclic) bond motifs is 12. The Bertz CT molecular complexity index is 4390. The molecule has 0 bridgehead atoms. The number of rotatable bonds is 8. The van der Waals surface area contributed by atoms with E-state index in [1.54, 1.807) is 0 Å². The zero-order chi connectivity index (χ0) is 49.5. The average Bonchev–Trinajstić information content (AvgIpc) is 4.13. The van der Waals surface area contributed by atoms with E-state index in [2.05, 4.69) is 281 Å². The largest absolute Gasteiger partial charge is 0.311 e. The minimum absolute atomic E-state index is 0.878. The predicted octanol–water partition coefficient (Wildman–Crippen LogP) is 10.7. The van der Waals surface area contributed by atoms with Gasteiger partial charge in [0, 0.05) is 62.4 Å². The lowest BCUT2D eigenvalue weighted by Gasteiger charge is -2.45. The summed E-state index contributed by atoms with van der Waals surface area (Å²) in [6.45, 7) is 0. The van der Waals surface area contributed by atoms with Gasteiger partial charge in [0.15, 0.2) is 16.1 Å². The second kappa shape index (κ2) is 17.1. The molecule has 0 amide bonds. The SMILES string of the molecule is c1ccc(N2c3ccccc3[Si](c3ccccc3)(c3ccccc3)c3c2ccc2c4ccc([Si](c5ccccc5)(c5ccccc5)c5ccc6c7ccccc7n7ccnc7c6c5)cc4n(-c4ccccn4)c32)cc1. The standard InChI is InChI=1S/C68H47N5Si2/c1-6-22-48(23-7-1)72-61-34-18-19-35-64(61)75(51-28-12-4-13-29-51,52-30-14-5-15-31-52)67-62(72)42-41-58-57-40-38-54(47-63(57)73(66(58)67)65-36-20-21-43-69-65)74(49-24-8-2-9-25-49,50-26-10-3-11-27-50)53-37-39-55-56-32-16-17-33-60(56)71-45-44-70-68(71)59(55)46-53/h1-47H. The molecule has 5 nitrogen and oxygen atoms in total. The topological polar surface area (TPSA) is 38.4 Å². The molecule has 4 aromatic heterocycles. The first-order valence-corrected chi connectivity index (χ1v) is 29.7. The first kappa shape index (κ1) is 43.2. The lowest BCUT2D eigenvalue weighted by atomic mass is 10.1. The van der Waals surface area contributed by atoms with E-state index >= 15 is 0 Å². The lowest BCUT2D eigenvalue weighted by molar-refractivity contribution is 1.08. The molecular formula is C68H47N5Si2. The van der Waals surface area contributed by atoms with E-state index in [-0.39, 0.29) is 0 Å². The second-order valence-corrected chi connectivity index (χ2v) is 27.2. The Morgan fingerprint density at radius 1 is 0.373 bits per heavy atom. The fraction of sp³-hybridized carbons (Fsp3) is 0. The minimum Gasteiger partial charge on any atom is -0.311 e. The number of hydrogen-bond donors (Lipinski definition) is 0. The van der Waals surface area contributed by atoms with E-state index in [0.717, 1.165) is 33.6 Å². The fourth-order valence-corrected chi connectivity index (χ4v) is 23.1. The molecule has 15 rings (SSSR count). The summed E-state index contributed by atoms with van der Waals surface area (Å²) in [5, 5.41) is 16.5. The predicted molar refractivity (Wildman–Crippen MR) is 318 cm³/mol. The van der Waals surface area contributed by atoms with E-state index in [4.69, 9.17) is 9.97 Å². The lowest BCUT2D eigenvalue weighted by Crippen LogP contribution is -2.77. The summed E-state index contributed by atoms with van der Waals surface area (Å²) in [5.74, 6) is 0.878. The Balaban J connectivity index is 1.12. The van der Waals surface area contributed by atoms with Crippen molar-refractivity contribution >= 4 is 124 Å². The Hall–Kier alpha value is -9.41. The zero-order valence-electron chi connectivity index (χ0n) is 40.9. The monoisotopic (exact) mass is 989 g/mol. The first-order chi connectivity index (χ1) is 37.2. The van der Waals surface area contributed by atoms with Crippen molar-refractivity contribution in [2.45, 2.75) is 0 Å². The van der Waals surface area contributed by atoms with Crippen LogP contribution < -0.4 is 46.4 Å². The third-order valence-corrected chi connectivity index (χ3v) is 25.6. The minimum atomic E-state index is -3.20. The second-order valence-electron chi connectivity index (χ2n) is 19.7. The van der Waals surface area contributed by atoms with Crippen LogP contribution in [0.4, 0.5) is 17.1 Å². The number of aromatic nitrogens is 4. The van der Waals surface area contributed by atoms with Gasteiger partial charge < -0.3 is 4.90 Å². The highest BCUT2D eigenvalue weighted by molar-refractivity contribution is 7.22. The van der Waals surface area contributed by atoms with Crippen molar-refractivity contribution in [3.63, 3.8) is 0 Å². The molecule has 14 aromatic rings. The molecule has 0 fully saturated rings. The highest BCUT2D eigenvalue weighted by Crippen LogP contribution is 2.43. The molecule has 5 heterocycles. The van der Waals surface area contributed by atoms with Gasteiger partial charge in [0.05, 0.1) is 16.6 Å². The highest BCUT2D eigenvalue weighted by atomic mass is 28.3. The molecule has 75 heavy (non-hydrogen) atoms. The maximum Gasteiger partial charge on any atom is 0.186 e. The molecule has 10 aromatic carbocycles. The van der Waals surface area contributed by atoms with Crippen LogP contribution in [-0.2, 0) is 0 Å². The van der Waals surface area contributed by atoms with Crippen LogP contribution in [-0.4, -0.2) is 35.1 Å². The van der Waals surface area contributed by atoms with Crippen molar-refractivity contribution in [1.82, 2.24) is 18.9 Å². The molecule has 0 N–H and O–H groups in total. The van der Waals surface area contributed by atoms with E-state index in [0.29, 0.717) is 0 Å². The van der Waals surface area contributed by atoms with Gasteiger partial charge in [0.1, 0.15) is 11.5 Å². The van der Waals surface area contributed by atoms with Crippen LogP contribution >= 0.6 is 0 Å². The average molecular weight is 990 g/mol. The van der Waals surface area contributed by atoms with Gasteiger partial charge in [-0.15, -0.1) is 0 Å². The molecule has 7 heteroatoms. The van der Waals surface area contributed by atoms with Crippen LogP contribution in [0, 0.1) is 0 Å². The van der Waals surface area contributed by atoms with Crippen molar-refractivity contribution in [2.24, 2.45) is 0 Å². The van der Waals surface area contributed by atoms with Crippen molar-refractivity contribution in [2.75, 3.05) is 4.90 Å². The zero-order valence-corrected chi connectivity index (χ0v) is 42.9. The molecule has 0 atom stereocenters. The van der Waals surface area contributed by atoms with Gasteiger partial charge in [-0.3, -0.25) is 8.97 Å². The molecule has 352 valence electrons. The summed E-state index contributed by atoms with van der Waals surface area (Å²) in [5.41, 5.74) is 7.91. The summed E-state index contributed by atoms with van der Waals surface area (Å²) in [4.78, 5) is 12.9. The molecule has 0 radical (unpaired) electrons. The van der Waals surface area contributed by atoms with Gasteiger partial charge >= 0.3 is 0 Å². The third kappa shape index (κ3) is 6.23. The normalized spacial score (nSPS) is 13.1. The van der Waals surface area contributed by atoms with Gasteiger partial charge in [0.2, 0.25) is 0 Å². The maximum absolute atomic E-state index is 5.30. The van der Waals surface area contributed by atoms with Gasteiger partial charge in [-0.1, -0.05) is 218 Å². The molecular weight excluding hydrogens is 943 g/mol. The molecule has 1 aliphatic heterocycles. The number of pyridine rings is 2. The molecule has 0 spiro atoms. The first-order valence-electron chi connectivity index (χ1n) is 25.7. The van der Waals surface area contributed by atoms with Gasteiger partial charge in [0.25, 0.3) is 0 Å². The van der Waals surface area contributed by atoms with Crippen LogP contribution in [0.1, 0.15) is 0 Å². The van der Waals surface area contributed by atoms with Crippen LogP contribution in [0.15, 0.2) is 286 Å². The maximum atomic E-state index is 5.30. The van der Waals surface area contributed by atoms with Crippen molar-refractivity contribution in [3.8, 4) is 5.82 Å².